The minimum atomic E-state index is -0.483. The summed E-state index contributed by atoms with van der Waals surface area (Å²) in [6, 6.07) is 16.9. The molecule has 0 aliphatic carbocycles. The molecular formula is C25H31NO4. The molecule has 30 heavy (non-hydrogen) atoms. The first-order valence-corrected chi connectivity index (χ1v) is 10.8. The molecule has 2 aliphatic rings. The molecule has 0 amide bonds. The number of carbonyl (C=O) groups is 1. The highest BCUT2D eigenvalue weighted by molar-refractivity contribution is 5.79. The number of fused-ring (bicyclic) bond motifs is 2. The van der Waals surface area contributed by atoms with Crippen LogP contribution in [0.3, 0.4) is 0 Å². The molecule has 160 valence electrons. The SMILES string of the molecule is CCOC(=O)[C@]1(Cc2ccccc2)C[C@@H]2CC[C@H]1N2Cc1cc(OC)cc(OC)c1. The standard InChI is InChI=1S/C25H31NO4/c1-4-30-24(27)25(15-18-8-6-5-7-9-18)16-20-10-11-23(25)26(20)17-19-12-21(28-2)14-22(13-19)29-3/h5-9,12-14,20,23H,4,10-11,15-17H2,1-3H3/t20-,23+,25+/m0/s1. The van der Waals surface area contributed by atoms with E-state index in [2.05, 4.69) is 29.2 Å². The van der Waals surface area contributed by atoms with Crippen LogP contribution in [0.2, 0.25) is 0 Å². The first kappa shape index (κ1) is 20.7. The van der Waals surface area contributed by atoms with Gasteiger partial charge in [0.25, 0.3) is 0 Å². The van der Waals surface area contributed by atoms with Crippen molar-refractivity contribution < 1.29 is 19.0 Å². The van der Waals surface area contributed by atoms with E-state index in [1.54, 1.807) is 14.2 Å². The first-order valence-electron chi connectivity index (χ1n) is 10.8. The Hall–Kier alpha value is -2.53. The van der Waals surface area contributed by atoms with E-state index in [0.717, 1.165) is 49.3 Å². The van der Waals surface area contributed by atoms with Gasteiger partial charge in [0.1, 0.15) is 11.5 Å². The highest BCUT2D eigenvalue weighted by Crippen LogP contribution is 2.53. The highest BCUT2D eigenvalue weighted by Gasteiger charge is 2.60. The van der Waals surface area contributed by atoms with Gasteiger partial charge in [0.05, 0.1) is 26.2 Å². The van der Waals surface area contributed by atoms with Crippen LogP contribution < -0.4 is 9.47 Å². The van der Waals surface area contributed by atoms with Gasteiger partial charge in [-0.3, -0.25) is 9.69 Å². The lowest BCUT2D eigenvalue weighted by molar-refractivity contribution is -0.157. The molecule has 0 radical (unpaired) electrons. The van der Waals surface area contributed by atoms with Crippen molar-refractivity contribution in [2.24, 2.45) is 5.41 Å². The fourth-order valence-electron chi connectivity index (χ4n) is 5.43. The zero-order valence-corrected chi connectivity index (χ0v) is 18.1. The van der Waals surface area contributed by atoms with Crippen molar-refractivity contribution in [2.75, 3.05) is 20.8 Å². The van der Waals surface area contributed by atoms with Crippen LogP contribution in [0.1, 0.15) is 37.3 Å². The second kappa shape index (κ2) is 8.68. The second-order valence-electron chi connectivity index (χ2n) is 8.38. The van der Waals surface area contributed by atoms with Crippen LogP contribution >= 0.6 is 0 Å². The molecular weight excluding hydrogens is 378 g/mol. The molecule has 2 aromatic carbocycles. The maximum atomic E-state index is 13.3. The van der Waals surface area contributed by atoms with E-state index in [-0.39, 0.29) is 12.0 Å². The van der Waals surface area contributed by atoms with Crippen molar-refractivity contribution in [1.82, 2.24) is 4.90 Å². The molecule has 2 fully saturated rings. The quantitative estimate of drug-likeness (QED) is 0.611. The monoisotopic (exact) mass is 409 g/mol. The van der Waals surface area contributed by atoms with E-state index in [9.17, 15) is 4.79 Å². The molecule has 2 heterocycles. The third-order valence-corrected chi connectivity index (χ3v) is 6.70. The largest absolute Gasteiger partial charge is 0.497 e. The van der Waals surface area contributed by atoms with Gasteiger partial charge in [0.2, 0.25) is 0 Å². The van der Waals surface area contributed by atoms with E-state index < -0.39 is 5.41 Å². The predicted molar refractivity (Wildman–Crippen MR) is 116 cm³/mol. The summed E-state index contributed by atoms with van der Waals surface area (Å²) in [5.41, 5.74) is 1.85. The minimum Gasteiger partial charge on any atom is -0.497 e. The Kier molecular flexibility index (Phi) is 6.00. The molecule has 2 saturated heterocycles. The van der Waals surface area contributed by atoms with Gasteiger partial charge in [-0.05, 0) is 55.9 Å². The Morgan fingerprint density at radius 3 is 2.37 bits per heavy atom. The van der Waals surface area contributed by atoms with Crippen molar-refractivity contribution in [3.05, 3.63) is 59.7 Å². The van der Waals surface area contributed by atoms with Gasteiger partial charge in [0.15, 0.2) is 0 Å². The average molecular weight is 410 g/mol. The van der Waals surface area contributed by atoms with E-state index in [4.69, 9.17) is 14.2 Å². The lowest BCUT2D eigenvalue weighted by atomic mass is 9.70. The third kappa shape index (κ3) is 3.79. The molecule has 4 rings (SSSR count). The van der Waals surface area contributed by atoms with Crippen molar-refractivity contribution in [3.63, 3.8) is 0 Å². The zero-order chi connectivity index (χ0) is 21.1. The Balaban J connectivity index is 1.63. The molecule has 3 atom stereocenters. The smallest absolute Gasteiger partial charge is 0.314 e. The number of methoxy groups -OCH3 is 2. The number of hydrogen-bond donors (Lipinski definition) is 0. The Bertz CT molecular complexity index is 862. The van der Waals surface area contributed by atoms with Gasteiger partial charge >= 0.3 is 5.97 Å². The molecule has 2 aliphatic heterocycles. The van der Waals surface area contributed by atoms with Gasteiger partial charge in [-0.2, -0.15) is 0 Å². The van der Waals surface area contributed by atoms with Crippen LogP contribution in [0.4, 0.5) is 0 Å². The van der Waals surface area contributed by atoms with Crippen molar-refractivity contribution >= 4 is 5.97 Å². The van der Waals surface area contributed by atoms with Crippen LogP contribution in [-0.4, -0.2) is 43.8 Å². The Morgan fingerprint density at radius 2 is 1.73 bits per heavy atom. The van der Waals surface area contributed by atoms with Gasteiger partial charge in [-0.15, -0.1) is 0 Å². The molecule has 0 saturated carbocycles. The number of ether oxygens (including phenoxy) is 3. The second-order valence-corrected chi connectivity index (χ2v) is 8.38. The lowest BCUT2D eigenvalue weighted by Crippen LogP contribution is -2.46. The van der Waals surface area contributed by atoms with E-state index >= 15 is 0 Å². The molecule has 2 bridgehead atoms. The van der Waals surface area contributed by atoms with Crippen LogP contribution in [-0.2, 0) is 22.5 Å². The van der Waals surface area contributed by atoms with Gasteiger partial charge in [-0.1, -0.05) is 30.3 Å². The summed E-state index contributed by atoms with van der Waals surface area (Å²) in [7, 11) is 3.34. The maximum Gasteiger partial charge on any atom is 0.314 e. The van der Waals surface area contributed by atoms with E-state index in [1.807, 2.05) is 31.2 Å². The number of benzene rings is 2. The highest BCUT2D eigenvalue weighted by atomic mass is 16.5. The van der Waals surface area contributed by atoms with Crippen molar-refractivity contribution in [2.45, 2.75) is 51.2 Å². The van der Waals surface area contributed by atoms with Gasteiger partial charge < -0.3 is 14.2 Å². The molecule has 5 nitrogen and oxygen atoms in total. The predicted octanol–water partition coefficient (Wildman–Crippen LogP) is 4.23. The zero-order valence-electron chi connectivity index (χ0n) is 18.1. The number of carbonyl (C=O) groups excluding carboxylic acids is 1. The Labute approximate surface area is 178 Å². The van der Waals surface area contributed by atoms with Gasteiger partial charge in [0, 0.05) is 24.7 Å². The van der Waals surface area contributed by atoms with E-state index in [1.165, 1.54) is 5.56 Å². The summed E-state index contributed by atoms with van der Waals surface area (Å²) < 4.78 is 16.5. The fraction of sp³-hybridized carbons (Fsp3) is 0.480. The minimum absolute atomic E-state index is 0.0470. The summed E-state index contributed by atoms with van der Waals surface area (Å²) in [6.45, 7) is 3.08. The number of esters is 1. The summed E-state index contributed by atoms with van der Waals surface area (Å²) in [5.74, 6) is 1.53. The maximum absolute atomic E-state index is 13.3. The van der Waals surface area contributed by atoms with Crippen LogP contribution in [0.25, 0.3) is 0 Å². The summed E-state index contributed by atoms with van der Waals surface area (Å²) in [5, 5.41) is 0. The van der Waals surface area contributed by atoms with Crippen molar-refractivity contribution in [3.8, 4) is 11.5 Å². The van der Waals surface area contributed by atoms with Crippen LogP contribution in [0, 0.1) is 5.41 Å². The van der Waals surface area contributed by atoms with E-state index in [0.29, 0.717) is 12.6 Å². The number of rotatable bonds is 8. The lowest BCUT2D eigenvalue weighted by Gasteiger charge is -2.35. The summed E-state index contributed by atoms with van der Waals surface area (Å²) in [6.07, 6.45) is 3.73. The van der Waals surface area contributed by atoms with Gasteiger partial charge in [-0.25, -0.2) is 0 Å². The summed E-state index contributed by atoms with van der Waals surface area (Å²) >= 11 is 0. The molecule has 0 N–H and O–H groups in total. The van der Waals surface area contributed by atoms with Crippen molar-refractivity contribution in [1.29, 1.82) is 0 Å². The molecule has 0 aromatic heterocycles. The molecule has 0 spiro atoms. The molecule has 2 aromatic rings. The number of hydrogen-bond acceptors (Lipinski definition) is 5. The van der Waals surface area contributed by atoms with Crippen LogP contribution in [0.15, 0.2) is 48.5 Å². The average Bonchev–Trinajstić information content (AvgIpc) is 3.29. The number of nitrogens with zero attached hydrogens (tertiary/aromatic N) is 1. The first-order chi connectivity index (χ1) is 14.6. The summed E-state index contributed by atoms with van der Waals surface area (Å²) in [4.78, 5) is 15.8. The third-order valence-electron chi connectivity index (χ3n) is 6.70. The normalized spacial score (nSPS) is 25.3. The topological polar surface area (TPSA) is 48.0 Å². The molecule has 5 heteroatoms. The van der Waals surface area contributed by atoms with Crippen LogP contribution in [0.5, 0.6) is 11.5 Å². The fourth-order valence-corrected chi connectivity index (χ4v) is 5.43. The molecule has 0 unspecified atom stereocenters. The Morgan fingerprint density at radius 1 is 1.03 bits per heavy atom.